The van der Waals surface area contributed by atoms with Crippen molar-refractivity contribution < 1.29 is 4.74 Å². The van der Waals surface area contributed by atoms with Gasteiger partial charge < -0.3 is 10.5 Å². The molecule has 3 rings (SSSR count). The molecule has 3 aromatic rings. The highest BCUT2D eigenvalue weighted by atomic mass is 79.9. The van der Waals surface area contributed by atoms with Crippen LogP contribution in [0.2, 0.25) is 0 Å². The molecular formula is C17H14BrNO. The fourth-order valence-electron chi connectivity index (χ4n) is 2.19. The van der Waals surface area contributed by atoms with Gasteiger partial charge in [0.1, 0.15) is 11.5 Å². The Bertz CT molecular complexity index is 755. The quantitative estimate of drug-likeness (QED) is 0.746. The van der Waals surface area contributed by atoms with Gasteiger partial charge in [0, 0.05) is 16.6 Å². The lowest BCUT2D eigenvalue weighted by Crippen LogP contribution is -2.00. The van der Waals surface area contributed by atoms with Crippen LogP contribution in [0.4, 0.5) is 0 Å². The van der Waals surface area contributed by atoms with E-state index in [0.717, 1.165) is 26.9 Å². The maximum Gasteiger partial charge on any atom is 0.133 e. The monoisotopic (exact) mass is 327 g/mol. The molecule has 3 heteroatoms. The minimum absolute atomic E-state index is 0.435. The summed E-state index contributed by atoms with van der Waals surface area (Å²) in [7, 11) is 0. The predicted octanol–water partition coefficient (Wildman–Crippen LogP) is 4.85. The van der Waals surface area contributed by atoms with E-state index in [-0.39, 0.29) is 0 Å². The summed E-state index contributed by atoms with van der Waals surface area (Å²) in [5.41, 5.74) is 6.76. The van der Waals surface area contributed by atoms with Crippen molar-refractivity contribution in [2.75, 3.05) is 0 Å². The number of hydrogen-bond acceptors (Lipinski definition) is 2. The van der Waals surface area contributed by atoms with E-state index in [1.807, 2.05) is 42.5 Å². The third kappa shape index (κ3) is 2.55. The van der Waals surface area contributed by atoms with Crippen molar-refractivity contribution in [2.45, 2.75) is 6.54 Å². The highest BCUT2D eigenvalue weighted by molar-refractivity contribution is 9.10. The van der Waals surface area contributed by atoms with E-state index in [1.165, 1.54) is 5.39 Å². The van der Waals surface area contributed by atoms with Gasteiger partial charge in [-0.3, -0.25) is 0 Å². The zero-order valence-corrected chi connectivity index (χ0v) is 12.4. The molecule has 0 saturated carbocycles. The molecule has 0 fully saturated rings. The highest BCUT2D eigenvalue weighted by Gasteiger charge is 2.07. The van der Waals surface area contributed by atoms with Gasteiger partial charge in [0.2, 0.25) is 0 Å². The standard InChI is InChI=1S/C17H14BrNO/c18-16-6-3-7-17(15(16)11-19)20-14-9-8-12-4-1-2-5-13(12)10-14/h1-10H,11,19H2. The van der Waals surface area contributed by atoms with Crippen molar-refractivity contribution in [3.8, 4) is 11.5 Å². The van der Waals surface area contributed by atoms with Crippen molar-refractivity contribution in [3.05, 3.63) is 70.7 Å². The first kappa shape index (κ1) is 13.2. The molecule has 0 unspecified atom stereocenters. The Kier molecular flexibility index (Phi) is 3.72. The van der Waals surface area contributed by atoms with Gasteiger partial charge in [-0.15, -0.1) is 0 Å². The van der Waals surface area contributed by atoms with Crippen molar-refractivity contribution in [1.29, 1.82) is 0 Å². The number of ether oxygens (including phenoxy) is 1. The van der Waals surface area contributed by atoms with Gasteiger partial charge >= 0.3 is 0 Å². The summed E-state index contributed by atoms with van der Waals surface area (Å²) >= 11 is 3.50. The summed E-state index contributed by atoms with van der Waals surface area (Å²) in [6.07, 6.45) is 0. The fourth-order valence-corrected chi connectivity index (χ4v) is 2.70. The van der Waals surface area contributed by atoms with E-state index in [9.17, 15) is 0 Å². The van der Waals surface area contributed by atoms with Crippen LogP contribution in [-0.4, -0.2) is 0 Å². The number of nitrogens with two attached hydrogens (primary N) is 1. The Hall–Kier alpha value is -1.84. The molecule has 0 bridgehead atoms. The van der Waals surface area contributed by atoms with Gasteiger partial charge in [-0.1, -0.05) is 52.3 Å². The lowest BCUT2D eigenvalue weighted by molar-refractivity contribution is 0.476. The number of hydrogen-bond donors (Lipinski definition) is 1. The molecule has 20 heavy (non-hydrogen) atoms. The zero-order chi connectivity index (χ0) is 13.9. The van der Waals surface area contributed by atoms with Crippen LogP contribution >= 0.6 is 15.9 Å². The number of fused-ring (bicyclic) bond motifs is 1. The summed E-state index contributed by atoms with van der Waals surface area (Å²) in [5, 5.41) is 2.36. The molecule has 2 N–H and O–H groups in total. The predicted molar refractivity (Wildman–Crippen MR) is 86.1 cm³/mol. The number of benzene rings is 3. The van der Waals surface area contributed by atoms with E-state index < -0.39 is 0 Å². The Morgan fingerprint density at radius 2 is 1.70 bits per heavy atom. The second kappa shape index (κ2) is 5.65. The van der Waals surface area contributed by atoms with Gasteiger partial charge in [0.25, 0.3) is 0 Å². The number of rotatable bonds is 3. The second-order valence-corrected chi connectivity index (χ2v) is 5.39. The third-order valence-corrected chi connectivity index (χ3v) is 3.97. The van der Waals surface area contributed by atoms with Crippen molar-refractivity contribution >= 4 is 26.7 Å². The molecule has 0 saturated heterocycles. The Labute approximate surface area is 126 Å². The van der Waals surface area contributed by atoms with Crippen LogP contribution in [0, 0.1) is 0 Å². The van der Waals surface area contributed by atoms with Crippen molar-refractivity contribution in [1.82, 2.24) is 0 Å². The molecule has 0 spiro atoms. The highest BCUT2D eigenvalue weighted by Crippen LogP contribution is 2.31. The summed E-state index contributed by atoms with van der Waals surface area (Å²) in [5.74, 6) is 1.61. The third-order valence-electron chi connectivity index (χ3n) is 3.23. The molecule has 0 atom stereocenters. The summed E-state index contributed by atoms with van der Waals surface area (Å²) in [4.78, 5) is 0. The molecule has 0 radical (unpaired) electrons. The van der Waals surface area contributed by atoms with Crippen LogP contribution in [0.3, 0.4) is 0 Å². The molecule has 0 aliphatic heterocycles. The van der Waals surface area contributed by atoms with Crippen LogP contribution in [0.25, 0.3) is 10.8 Å². The molecule has 0 aromatic heterocycles. The van der Waals surface area contributed by atoms with E-state index >= 15 is 0 Å². The zero-order valence-electron chi connectivity index (χ0n) is 10.8. The molecule has 0 amide bonds. The first-order chi connectivity index (χ1) is 9.78. The summed E-state index contributed by atoms with van der Waals surface area (Å²) < 4.78 is 6.95. The second-order valence-electron chi connectivity index (χ2n) is 4.53. The van der Waals surface area contributed by atoms with E-state index in [2.05, 4.69) is 34.1 Å². The maximum absolute atomic E-state index is 5.98. The van der Waals surface area contributed by atoms with Crippen LogP contribution in [0.5, 0.6) is 11.5 Å². The topological polar surface area (TPSA) is 35.2 Å². The molecule has 100 valence electrons. The largest absolute Gasteiger partial charge is 0.457 e. The van der Waals surface area contributed by atoms with Crippen LogP contribution in [0.1, 0.15) is 5.56 Å². The Morgan fingerprint density at radius 3 is 2.50 bits per heavy atom. The first-order valence-electron chi connectivity index (χ1n) is 6.42. The minimum Gasteiger partial charge on any atom is -0.457 e. The molecule has 0 aliphatic carbocycles. The lowest BCUT2D eigenvalue weighted by Gasteiger charge is -2.12. The molecule has 3 aromatic carbocycles. The Morgan fingerprint density at radius 1 is 0.900 bits per heavy atom. The van der Waals surface area contributed by atoms with Gasteiger partial charge in [-0.2, -0.15) is 0 Å². The fraction of sp³-hybridized carbons (Fsp3) is 0.0588. The minimum atomic E-state index is 0.435. The van der Waals surface area contributed by atoms with E-state index in [1.54, 1.807) is 0 Å². The molecule has 0 heterocycles. The van der Waals surface area contributed by atoms with Crippen LogP contribution in [-0.2, 0) is 6.54 Å². The first-order valence-corrected chi connectivity index (χ1v) is 7.21. The van der Waals surface area contributed by atoms with E-state index in [0.29, 0.717) is 6.54 Å². The molecule has 2 nitrogen and oxygen atoms in total. The van der Waals surface area contributed by atoms with Gasteiger partial charge in [0.05, 0.1) is 0 Å². The van der Waals surface area contributed by atoms with Crippen molar-refractivity contribution in [3.63, 3.8) is 0 Å². The lowest BCUT2D eigenvalue weighted by atomic mass is 10.1. The molecular weight excluding hydrogens is 314 g/mol. The summed E-state index contributed by atoms with van der Waals surface area (Å²) in [6.45, 7) is 0.435. The average molecular weight is 328 g/mol. The number of halogens is 1. The smallest absolute Gasteiger partial charge is 0.133 e. The van der Waals surface area contributed by atoms with E-state index in [4.69, 9.17) is 10.5 Å². The average Bonchev–Trinajstić information content (AvgIpc) is 2.47. The summed E-state index contributed by atoms with van der Waals surface area (Å²) in [6, 6.07) is 20.1. The van der Waals surface area contributed by atoms with Crippen LogP contribution in [0.15, 0.2) is 65.1 Å². The van der Waals surface area contributed by atoms with Crippen LogP contribution < -0.4 is 10.5 Å². The van der Waals surface area contributed by atoms with Gasteiger partial charge in [-0.25, -0.2) is 0 Å². The van der Waals surface area contributed by atoms with Crippen molar-refractivity contribution in [2.24, 2.45) is 5.73 Å². The SMILES string of the molecule is NCc1c(Br)cccc1Oc1ccc2ccccc2c1. The van der Waals surface area contributed by atoms with Gasteiger partial charge in [-0.05, 0) is 35.0 Å². The Balaban J connectivity index is 1.99. The maximum atomic E-state index is 5.98. The van der Waals surface area contributed by atoms with Gasteiger partial charge in [0.15, 0.2) is 0 Å². The molecule has 0 aliphatic rings. The normalized spacial score (nSPS) is 10.7.